The Morgan fingerprint density at radius 3 is 2.68 bits per heavy atom. The highest BCUT2D eigenvalue weighted by atomic mass is 32.1. The van der Waals surface area contributed by atoms with Crippen molar-refractivity contribution in [2.24, 2.45) is 5.92 Å². The number of thiophene rings is 1. The van der Waals surface area contributed by atoms with E-state index < -0.39 is 12.0 Å². The molecule has 3 aromatic heterocycles. The Labute approximate surface area is 180 Å². The van der Waals surface area contributed by atoms with Crippen molar-refractivity contribution in [3.63, 3.8) is 0 Å². The fourth-order valence-corrected chi connectivity index (χ4v) is 4.44. The second-order valence-electron chi connectivity index (χ2n) is 7.33. The van der Waals surface area contributed by atoms with E-state index in [1.54, 1.807) is 28.4 Å². The van der Waals surface area contributed by atoms with Crippen LogP contribution in [0.1, 0.15) is 23.5 Å². The zero-order valence-corrected chi connectivity index (χ0v) is 17.4. The molecule has 0 bridgehead atoms. The highest BCUT2D eigenvalue weighted by Gasteiger charge is 2.38. The van der Waals surface area contributed by atoms with Crippen LogP contribution >= 0.6 is 11.3 Å². The number of halogens is 3. The minimum Gasteiger partial charge on any atom is -0.355 e. The molecule has 31 heavy (non-hydrogen) atoms. The maximum Gasteiger partial charge on any atom is 0.453 e. The quantitative estimate of drug-likeness (QED) is 0.537. The summed E-state index contributed by atoms with van der Waals surface area (Å²) in [5.41, 5.74) is 0.0368. The monoisotopic (exact) mass is 450 g/mol. The minimum atomic E-state index is -4.64. The summed E-state index contributed by atoms with van der Waals surface area (Å²) in [7, 11) is 0. The number of hydrogen-bond acceptors (Lipinski definition) is 6. The second-order valence-corrected chi connectivity index (χ2v) is 8.36. The summed E-state index contributed by atoms with van der Waals surface area (Å²) in [6.45, 7) is 5.83. The van der Waals surface area contributed by atoms with Crippen molar-refractivity contribution in [2.45, 2.75) is 25.6 Å². The largest absolute Gasteiger partial charge is 0.453 e. The van der Waals surface area contributed by atoms with Crippen LogP contribution in [0.25, 0.3) is 5.65 Å². The lowest BCUT2D eigenvalue weighted by Crippen LogP contribution is -2.42. The number of carbonyl (C=O) groups is 1. The van der Waals surface area contributed by atoms with E-state index in [4.69, 9.17) is 0 Å². The van der Waals surface area contributed by atoms with Gasteiger partial charge in [0.25, 0.3) is 5.82 Å². The van der Waals surface area contributed by atoms with E-state index in [1.165, 1.54) is 6.07 Å². The lowest BCUT2D eigenvalue weighted by Gasteiger charge is -2.34. The number of alkyl halides is 3. The maximum absolute atomic E-state index is 13.1. The third-order valence-corrected chi connectivity index (χ3v) is 6.12. The molecular formula is C20H21F3N6OS. The van der Waals surface area contributed by atoms with E-state index in [1.807, 2.05) is 22.4 Å². The number of amides is 1. The van der Waals surface area contributed by atoms with Gasteiger partial charge >= 0.3 is 6.18 Å². The van der Waals surface area contributed by atoms with Crippen LogP contribution in [-0.2, 0) is 17.5 Å². The topological polar surface area (TPSA) is 66.6 Å². The number of anilines is 1. The summed E-state index contributed by atoms with van der Waals surface area (Å²) in [4.78, 5) is 17.9. The number of hydrogen-bond donors (Lipinski definition) is 0. The van der Waals surface area contributed by atoms with Gasteiger partial charge in [-0.05, 0) is 36.4 Å². The van der Waals surface area contributed by atoms with E-state index in [0.29, 0.717) is 44.8 Å². The van der Waals surface area contributed by atoms with Crippen LogP contribution in [0.5, 0.6) is 0 Å². The van der Waals surface area contributed by atoms with E-state index in [0.717, 1.165) is 9.39 Å². The van der Waals surface area contributed by atoms with Crippen LogP contribution in [-0.4, -0.2) is 50.3 Å². The first-order chi connectivity index (χ1) is 14.9. The molecule has 0 atom stereocenters. The van der Waals surface area contributed by atoms with E-state index in [2.05, 4.69) is 21.9 Å². The molecule has 11 heteroatoms. The SMILES string of the molecule is C=CCN(Cc1cccs1)C(=O)C1CCN(c2ccc3nnc(C(F)(F)F)n3n2)CC1. The first kappa shape index (κ1) is 21.3. The molecule has 4 rings (SSSR count). The Hall–Kier alpha value is -2.95. The number of carbonyl (C=O) groups excluding carboxylic acids is 1. The van der Waals surface area contributed by atoms with Gasteiger partial charge in [0.05, 0.1) is 6.54 Å². The molecule has 4 heterocycles. The van der Waals surface area contributed by atoms with Crippen LogP contribution in [0.2, 0.25) is 0 Å². The molecule has 164 valence electrons. The summed E-state index contributed by atoms with van der Waals surface area (Å²) in [6.07, 6.45) is -1.71. The normalized spacial score (nSPS) is 15.4. The van der Waals surface area contributed by atoms with E-state index in [-0.39, 0.29) is 17.5 Å². The fourth-order valence-electron chi connectivity index (χ4n) is 3.72. The molecule has 0 unspecified atom stereocenters. The van der Waals surface area contributed by atoms with Gasteiger partial charge in [0.15, 0.2) is 5.65 Å². The predicted octanol–water partition coefficient (Wildman–Crippen LogP) is 3.64. The lowest BCUT2D eigenvalue weighted by atomic mass is 9.95. The van der Waals surface area contributed by atoms with Crippen LogP contribution < -0.4 is 4.90 Å². The van der Waals surface area contributed by atoms with Crippen molar-refractivity contribution < 1.29 is 18.0 Å². The average molecular weight is 450 g/mol. The highest BCUT2D eigenvalue weighted by molar-refractivity contribution is 7.09. The average Bonchev–Trinajstić information content (AvgIpc) is 3.42. The molecule has 0 aliphatic carbocycles. The number of nitrogens with zero attached hydrogens (tertiary/aromatic N) is 6. The van der Waals surface area contributed by atoms with Crippen LogP contribution in [0.4, 0.5) is 19.0 Å². The number of fused-ring (bicyclic) bond motifs is 1. The van der Waals surface area contributed by atoms with Crippen molar-refractivity contribution in [1.29, 1.82) is 0 Å². The van der Waals surface area contributed by atoms with Crippen molar-refractivity contribution in [1.82, 2.24) is 24.7 Å². The first-order valence-electron chi connectivity index (χ1n) is 9.83. The molecule has 1 fully saturated rings. The lowest BCUT2D eigenvalue weighted by molar-refractivity contribution is -0.146. The van der Waals surface area contributed by atoms with Gasteiger partial charge in [-0.3, -0.25) is 4.79 Å². The number of piperidine rings is 1. The van der Waals surface area contributed by atoms with Gasteiger partial charge in [0.1, 0.15) is 5.82 Å². The van der Waals surface area contributed by atoms with Gasteiger partial charge < -0.3 is 9.80 Å². The molecule has 7 nitrogen and oxygen atoms in total. The summed E-state index contributed by atoms with van der Waals surface area (Å²) >= 11 is 1.61. The Kier molecular flexibility index (Phi) is 5.94. The molecule has 0 aromatic carbocycles. The highest BCUT2D eigenvalue weighted by Crippen LogP contribution is 2.29. The Balaban J connectivity index is 1.44. The smallest absolute Gasteiger partial charge is 0.355 e. The van der Waals surface area contributed by atoms with Gasteiger partial charge in [-0.25, -0.2) is 0 Å². The fraction of sp³-hybridized carbons (Fsp3) is 0.400. The van der Waals surface area contributed by atoms with E-state index >= 15 is 0 Å². The maximum atomic E-state index is 13.1. The zero-order valence-electron chi connectivity index (χ0n) is 16.6. The van der Waals surface area contributed by atoms with Gasteiger partial charge in [-0.2, -0.15) is 17.7 Å². The Bertz CT molecular complexity index is 1060. The van der Waals surface area contributed by atoms with Gasteiger partial charge in [-0.15, -0.1) is 33.2 Å². The van der Waals surface area contributed by atoms with Crippen molar-refractivity contribution in [3.8, 4) is 0 Å². The molecule has 1 aliphatic rings. The Morgan fingerprint density at radius 2 is 2.03 bits per heavy atom. The second kappa shape index (κ2) is 8.66. The van der Waals surface area contributed by atoms with Gasteiger partial charge in [-0.1, -0.05) is 12.1 Å². The van der Waals surface area contributed by atoms with Crippen molar-refractivity contribution in [3.05, 3.63) is 53.0 Å². The molecule has 1 aliphatic heterocycles. The molecule has 1 amide bonds. The van der Waals surface area contributed by atoms with Crippen molar-refractivity contribution >= 4 is 28.7 Å². The number of aromatic nitrogens is 4. The molecule has 0 radical (unpaired) electrons. The predicted molar refractivity (Wildman–Crippen MR) is 111 cm³/mol. The molecule has 0 saturated carbocycles. The van der Waals surface area contributed by atoms with Gasteiger partial charge in [0.2, 0.25) is 5.91 Å². The first-order valence-corrected chi connectivity index (χ1v) is 10.7. The molecular weight excluding hydrogens is 429 g/mol. The van der Waals surface area contributed by atoms with E-state index in [9.17, 15) is 18.0 Å². The molecule has 3 aromatic rings. The standard InChI is InChI=1S/C20H21F3N6OS/c1-2-9-28(13-15-4-3-12-31-15)18(30)14-7-10-27(11-8-14)17-6-5-16-24-25-19(20(21,22)23)29(16)26-17/h2-6,12,14H,1,7-11,13H2. The third-order valence-electron chi connectivity index (χ3n) is 5.26. The van der Waals surface area contributed by atoms with Crippen LogP contribution in [0.3, 0.4) is 0 Å². The number of rotatable bonds is 6. The van der Waals surface area contributed by atoms with Crippen LogP contribution in [0, 0.1) is 5.92 Å². The minimum absolute atomic E-state index is 0.0368. The molecule has 1 saturated heterocycles. The Morgan fingerprint density at radius 1 is 1.26 bits per heavy atom. The summed E-state index contributed by atoms with van der Waals surface area (Å²) < 4.78 is 40.1. The van der Waals surface area contributed by atoms with Crippen molar-refractivity contribution in [2.75, 3.05) is 24.5 Å². The zero-order chi connectivity index (χ0) is 22.0. The molecule has 0 N–H and O–H groups in total. The summed E-state index contributed by atoms with van der Waals surface area (Å²) in [5, 5.41) is 12.8. The summed E-state index contributed by atoms with van der Waals surface area (Å²) in [5.74, 6) is -0.802. The summed E-state index contributed by atoms with van der Waals surface area (Å²) in [6, 6.07) is 7.05. The van der Waals surface area contributed by atoms with Gasteiger partial charge in [0, 0.05) is 30.4 Å². The third kappa shape index (κ3) is 4.55. The molecule has 0 spiro atoms. The van der Waals surface area contributed by atoms with Crippen LogP contribution in [0.15, 0.2) is 42.3 Å².